The number of ether oxygens (including phenoxy) is 1. The average Bonchev–Trinajstić information content (AvgIpc) is 2.68. The Labute approximate surface area is 179 Å². The molecule has 0 aliphatic carbocycles. The first-order valence-corrected chi connectivity index (χ1v) is 11.5. The Morgan fingerprint density at radius 1 is 0.900 bits per heavy atom. The highest BCUT2D eigenvalue weighted by atomic mass is 32.2. The third-order valence-electron chi connectivity index (χ3n) is 4.37. The Morgan fingerprint density at radius 3 is 1.97 bits per heavy atom. The van der Waals surface area contributed by atoms with Crippen LogP contribution < -0.4 is 8.92 Å². The second-order valence-electron chi connectivity index (χ2n) is 8.12. The minimum atomic E-state index is -3.94. The number of rotatable bonds is 10. The molecule has 2 aromatic carbocycles. The Kier molecular flexibility index (Phi) is 8.29. The summed E-state index contributed by atoms with van der Waals surface area (Å²) < 4.78 is 35.2. The second kappa shape index (κ2) is 10.5. The van der Waals surface area contributed by atoms with Gasteiger partial charge in [0.15, 0.2) is 0 Å². The fourth-order valence-corrected chi connectivity index (χ4v) is 3.89. The average molecular weight is 434 g/mol. The van der Waals surface area contributed by atoms with Gasteiger partial charge in [0.25, 0.3) is 0 Å². The maximum Gasteiger partial charge on any atom is 0.339 e. The molecular weight excluding hydrogens is 402 g/mol. The summed E-state index contributed by atoms with van der Waals surface area (Å²) in [5.74, 6) is 1.57. The summed E-state index contributed by atoms with van der Waals surface area (Å²) in [5, 5.41) is 0. The van der Waals surface area contributed by atoms with Gasteiger partial charge in [0.2, 0.25) is 5.91 Å². The highest BCUT2D eigenvalue weighted by Gasteiger charge is 2.18. The van der Waals surface area contributed by atoms with Crippen molar-refractivity contribution in [1.82, 2.24) is 4.90 Å². The molecule has 0 N–H and O–H groups in total. The third-order valence-corrected chi connectivity index (χ3v) is 5.63. The molecule has 0 bridgehead atoms. The number of carbonyl (C=O) groups is 1. The smallest absolute Gasteiger partial charge is 0.339 e. The molecular formula is C23H31NO5S. The van der Waals surface area contributed by atoms with E-state index < -0.39 is 10.1 Å². The van der Waals surface area contributed by atoms with E-state index in [-0.39, 0.29) is 16.6 Å². The number of benzene rings is 2. The van der Waals surface area contributed by atoms with Crippen molar-refractivity contribution in [2.75, 3.05) is 13.7 Å². The molecule has 0 aromatic heterocycles. The lowest BCUT2D eigenvalue weighted by molar-refractivity contribution is -0.133. The van der Waals surface area contributed by atoms with Gasteiger partial charge in [-0.3, -0.25) is 4.79 Å². The fraction of sp³-hybridized carbons (Fsp3) is 0.435. The molecule has 6 nitrogen and oxygen atoms in total. The molecule has 1 amide bonds. The van der Waals surface area contributed by atoms with Gasteiger partial charge in [-0.25, -0.2) is 0 Å². The quantitative estimate of drug-likeness (QED) is 0.516. The Hall–Kier alpha value is -2.54. The lowest BCUT2D eigenvalue weighted by atomic mass is 10.1. The van der Waals surface area contributed by atoms with Crippen LogP contribution in [0.25, 0.3) is 0 Å². The number of carbonyl (C=O) groups excluding carboxylic acids is 1. The van der Waals surface area contributed by atoms with Crippen molar-refractivity contribution in [2.24, 2.45) is 11.8 Å². The molecule has 30 heavy (non-hydrogen) atoms. The Morgan fingerprint density at radius 2 is 1.47 bits per heavy atom. The van der Waals surface area contributed by atoms with Crippen LogP contribution in [0.15, 0.2) is 53.4 Å². The van der Waals surface area contributed by atoms with Crippen molar-refractivity contribution in [3.05, 3.63) is 54.1 Å². The lowest BCUT2D eigenvalue weighted by Crippen LogP contribution is -2.34. The minimum Gasteiger partial charge on any atom is -0.497 e. The molecule has 0 radical (unpaired) electrons. The van der Waals surface area contributed by atoms with Crippen molar-refractivity contribution in [3.8, 4) is 11.5 Å². The molecule has 0 unspecified atom stereocenters. The molecule has 0 aliphatic rings. The molecule has 0 aliphatic heterocycles. The van der Waals surface area contributed by atoms with E-state index in [0.717, 1.165) is 5.56 Å². The number of methoxy groups -OCH3 is 1. The van der Waals surface area contributed by atoms with Gasteiger partial charge in [0, 0.05) is 19.5 Å². The molecule has 7 heteroatoms. The predicted octanol–water partition coefficient (Wildman–Crippen LogP) is 4.49. The first kappa shape index (κ1) is 23.7. The zero-order valence-electron chi connectivity index (χ0n) is 18.3. The summed E-state index contributed by atoms with van der Waals surface area (Å²) >= 11 is 0. The van der Waals surface area contributed by atoms with E-state index in [1.807, 2.05) is 18.7 Å². The van der Waals surface area contributed by atoms with E-state index in [4.69, 9.17) is 8.92 Å². The van der Waals surface area contributed by atoms with E-state index >= 15 is 0 Å². The van der Waals surface area contributed by atoms with Crippen LogP contribution in [0.1, 0.15) is 39.7 Å². The summed E-state index contributed by atoms with van der Waals surface area (Å²) in [6, 6.07) is 12.8. The summed E-state index contributed by atoms with van der Waals surface area (Å²) in [6.45, 7) is 9.37. The van der Waals surface area contributed by atoms with Gasteiger partial charge in [0.1, 0.15) is 16.4 Å². The molecule has 0 spiro atoms. The number of nitrogens with zero attached hydrogens (tertiary/aromatic N) is 1. The van der Waals surface area contributed by atoms with Crippen molar-refractivity contribution in [3.63, 3.8) is 0 Å². The van der Waals surface area contributed by atoms with Gasteiger partial charge in [-0.1, -0.05) is 39.8 Å². The molecule has 0 fully saturated rings. The SMILES string of the molecule is COc1ccc(S(=O)(=O)Oc2ccc(CN(CC(C)C)C(=O)CC(C)C)cc2)cc1. The van der Waals surface area contributed by atoms with Gasteiger partial charge in [-0.2, -0.15) is 8.42 Å². The van der Waals surface area contributed by atoms with E-state index in [1.54, 1.807) is 36.4 Å². The van der Waals surface area contributed by atoms with Gasteiger partial charge >= 0.3 is 10.1 Å². The molecule has 0 atom stereocenters. The third kappa shape index (κ3) is 7.06. The van der Waals surface area contributed by atoms with Gasteiger partial charge < -0.3 is 13.8 Å². The maximum atomic E-state index is 12.6. The van der Waals surface area contributed by atoms with Crippen molar-refractivity contribution in [2.45, 2.75) is 45.6 Å². The topological polar surface area (TPSA) is 72.9 Å². The van der Waals surface area contributed by atoms with Crippen LogP contribution in [0.4, 0.5) is 0 Å². The standard InChI is InChI=1S/C23H31NO5S/c1-17(2)14-23(25)24(15-18(3)4)16-19-6-8-21(9-7-19)29-30(26,27)22-12-10-20(28-5)11-13-22/h6-13,17-18H,14-16H2,1-5H3. The number of hydrogen-bond acceptors (Lipinski definition) is 5. The fourth-order valence-electron chi connectivity index (χ4n) is 2.96. The number of hydrogen-bond donors (Lipinski definition) is 0. The monoisotopic (exact) mass is 433 g/mol. The van der Waals surface area contributed by atoms with Crippen LogP contribution in [0.3, 0.4) is 0 Å². The zero-order valence-corrected chi connectivity index (χ0v) is 19.1. The largest absolute Gasteiger partial charge is 0.497 e. The predicted molar refractivity (Wildman–Crippen MR) is 117 cm³/mol. The van der Waals surface area contributed by atoms with E-state index in [9.17, 15) is 13.2 Å². The van der Waals surface area contributed by atoms with Crippen LogP contribution >= 0.6 is 0 Å². The first-order valence-electron chi connectivity index (χ1n) is 10.1. The summed E-state index contributed by atoms with van der Waals surface area (Å²) in [4.78, 5) is 14.5. The Bertz CT molecular complexity index is 919. The van der Waals surface area contributed by atoms with Crippen molar-refractivity contribution < 1.29 is 22.1 Å². The molecule has 0 heterocycles. The number of amides is 1. The van der Waals surface area contributed by atoms with Crippen LogP contribution in [-0.4, -0.2) is 32.9 Å². The van der Waals surface area contributed by atoms with E-state index in [0.29, 0.717) is 37.1 Å². The van der Waals surface area contributed by atoms with Crippen LogP contribution in [0, 0.1) is 11.8 Å². The highest BCUT2D eigenvalue weighted by Crippen LogP contribution is 2.22. The lowest BCUT2D eigenvalue weighted by Gasteiger charge is -2.25. The Balaban J connectivity index is 2.09. The van der Waals surface area contributed by atoms with E-state index in [1.165, 1.54) is 19.2 Å². The molecule has 164 valence electrons. The van der Waals surface area contributed by atoms with Crippen molar-refractivity contribution in [1.29, 1.82) is 0 Å². The van der Waals surface area contributed by atoms with Crippen molar-refractivity contribution >= 4 is 16.0 Å². The van der Waals surface area contributed by atoms with Gasteiger partial charge in [-0.05, 0) is 53.8 Å². The minimum absolute atomic E-state index is 0.0507. The first-order chi connectivity index (χ1) is 14.1. The van der Waals surface area contributed by atoms with Crippen LogP contribution in [-0.2, 0) is 21.5 Å². The van der Waals surface area contributed by atoms with Gasteiger partial charge in [0.05, 0.1) is 7.11 Å². The summed E-state index contributed by atoms with van der Waals surface area (Å²) in [6.07, 6.45) is 0.508. The molecule has 0 saturated heterocycles. The molecule has 2 aromatic rings. The highest BCUT2D eigenvalue weighted by molar-refractivity contribution is 7.87. The zero-order chi connectivity index (χ0) is 22.3. The second-order valence-corrected chi connectivity index (χ2v) is 9.67. The molecule has 2 rings (SSSR count). The molecule has 0 saturated carbocycles. The van der Waals surface area contributed by atoms with E-state index in [2.05, 4.69) is 13.8 Å². The maximum absolute atomic E-state index is 12.6. The summed E-state index contributed by atoms with van der Waals surface area (Å²) in [7, 11) is -2.42. The van der Waals surface area contributed by atoms with Crippen LogP contribution in [0.2, 0.25) is 0 Å². The summed E-state index contributed by atoms with van der Waals surface area (Å²) in [5.41, 5.74) is 0.918. The van der Waals surface area contributed by atoms with Crippen LogP contribution in [0.5, 0.6) is 11.5 Å². The normalized spacial score (nSPS) is 11.6. The van der Waals surface area contributed by atoms with Gasteiger partial charge in [-0.15, -0.1) is 0 Å².